The van der Waals surface area contributed by atoms with Crippen molar-refractivity contribution in [1.82, 2.24) is 9.47 Å². The number of carboxylic acids is 1. The van der Waals surface area contributed by atoms with Crippen LogP contribution in [0, 0.1) is 5.92 Å². The summed E-state index contributed by atoms with van der Waals surface area (Å²) in [4.78, 5) is 43.0. The molecular weight excluding hydrogens is 536 g/mol. The van der Waals surface area contributed by atoms with Crippen molar-refractivity contribution in [1.29, 1.82) is 0 Å². The number of aromatic nitrogens is 1. The van der Waals surface area contributed by atoms with Gasteiger partial charge in [-0.1, -0.05) is 37.6 Å². The van der Waals surface area contributed by atoms with Crippen LogP contribution in [0.2, 0.25) is 0 Å². The van der Waals surface area contributed by atoms with Crippen molar-refractivity contribution in [2.75, 3.05) is 31.3 Å². The number of carbonyl (C=O) groups excluding carboxylic acids is 1. The highest BCUT2D eigenvalue weighted by atomic mass is 16.7. The summed E-state index contributed by atoms with van der Waals surface area (Å²) in [6, 6.07) is 17.7. The molecule has 3 atom stereocenters. The maximum Gasteiger partial charge on any atom is 0.308 e. The van der Waals surface area contributed by atoms with Gasteiger partial charge in [0.2, 0.25) is 18.3 Å². The molecule has 0 aliphatic carbocycles. The number of carboxylic acid groups (broad SMARTS) is 1. The Morgan fingerprint density at radius 2 is 1.90 bits per heavy atom. The molecule has 10 nitrogen and oxygen atoms in total. The molecule has 0 spiro atoms. The molecule has 222 valence electrons. The Labute approximate surface area is 245 Å². The van der Waals surface area contributed by atoms with Crippen molar-refractivity contribution in [3.05, 3.63) is 88.3 Å². The molecule has 2 aliphatic rings. The van der Waals surface area contributed by atoms with Gasteiger partial charge in [0.05, 0.1) is 12.5 Å². The number of benzene rings is 2. The lowest BCUT2D eigenvalue weighted by atomic mass is 9.84. The van der Waals surface area contributed by atoms with E-state index in [9.17, 15) is 19.5 Å². The second kappa shape index (κ2) is 13.2. The minimum Gasteiger partial charge on any atom is -0.481 e. The first-order valence-corrected chi connectivity index (χ1v) is 14.5. The van der Waals surface area contributed by atoms with Gasteiger partial charge in [-0.05, 0) is 54.3 Å². The normalized spacial score (nSPS) is 19.6. The van der Waals surface area contributed by atoms with Gasteiger partial charge < -0.3 is 29.8 Å². The summed E-state index contributed by atoms with van der Waals surface area (Å²) in [6.07, 6.45) is 3.85. The molecule has 10 heteroatoms. The molecule has 2 aromatic carbocycles. The highest BCUT2D eigenvalue weighted by molar-refractivity contribution is 5.95. The van der Waals surface area contributed by atoms with Crippen LogP contribution in [0.1, 0.15) is 43.2 Å². The van der Waals surface area contributed by atoms with Crippen LogP contribution in [0.5, 0.6) is 11.5 Å². The molecule has 42 heavy (non-hydrogen) atoms. The number of carbonyl (C=O) groups is 2. The molecular formula is C32H38N4O6. The van der Waals surface area contributed by atoms with Gasteiger partial charge in [0.15, 0.2) is 11.5 Å². The zero-order valence-electron chi connectivity index (χ0n) is 23.9. The number of pyridine rings is 1. The van der Waals surface area contributed by atoms with Gasteiger partial charge in [-0.2, -0.15) is 0 Å². The smallest absolute Gasteiger partial charge is 0.308 e. The fraction of sp³-hybridized carbons (Fsp3) is 0.406. The van der Waals surface area contributed by atoms with Crippen molar-refractivity contribution >= 4 is 17.6 Å². The summed E-state index contributed by atoms with van der Waals surface area (Å²) < 4.78 is 12.6. The van der Waals surface area contributed by atoms with E-state index < -0.39 is 17.9 Å². The Bertz CT molecular complexity index is 1470. The number of aliphatic carboxylic acids is 1. The first-order chi connectivity index (χ1) is 20.4. The minimum absolute atomic E-state index is 0.0513. The molecule has 5 rings (SSSR count). The van der Waals surface area contributed by atoms with E-state index in [1.54, 1.807) is 33.9 Å². The molecule has 1 fully saturated rings. The first-order valence-electron chi connectivity index (χ1n) is 14.5. The summed E-state index contributed by atoms with van der Waals surface area (Å²) in [7, 11) is 0. The van der Waals surface area contributed by atoms with Crippen molar-refractivity contribution in [3.8, 4) is 11.5 Å². The zero-order valence-corrected chi connectivity index (χ0v) is 23.9. The Morgan fingerprint density at radius 1 is 1.07 bits per heavy atom. The number of ether oxygens (including phenoxy) is 2. The number of amides is 1. The van der Waals surface area contributed by atoms with E-state index >= 15 is 0 Å². The van der Waals surface area contributed by atoms with Crippen LogP contribution < -0.4 is 25.7 Å². The zero-order chi connectivity index (χ0) is 29.6. The lowest BCUT2D eigenvalue weighted by Crippen LogP contribution is -2.45. The SMILES string of the molecule is CCCCN(C(=O)CN1CC(c2ccc3c(c2)OCO3)C(C(=O)O)C1CCn1ccccc1=O)c1cccc(CN)c1. The van der Waals surface area contributed by atoms with Crippen molar-refractivity contribution in [2.45, 2.75) is 51.2 Å². The maximum absolute atomic E-state index is 14.0. The van der Waals surface area contributed by atoms with E-state index in [-0.39, 0.29) is 30.7 Å². The predicted octanol–water partition coefficient (Wildman–Crippen LogP) is 3.43. The Morgan fingerprint density at radius 3 is 2.67 bits per heavy atom. The van der Waals surface area contributed by atoms with Crippen LogP contribution in [0.4, 0.5) is 5.69 Å². The largest absolute Gasteiger partial charge is 0.481 e. The predicted molar refractivity (Wildman–Crippen MR) is 159 cm³/mol. The molecule has 3 N–H and O–H groups in total. The first kappa shape index (κ1) is 29.3. The molecule has 3 unspecified atom stereocenters. The number of rotatable bonds is 12. The van der Waals surface area contributed by atoms with Crippen LogP contribution >= 0.6 is 0 Å². The van der Waals surface area contributed by atoms with Gasteiger partial charge >= 0.3 is 5.97 Å². The number of aryl methyl sites for hydroxylation is 1. The number of fused-ring (bicyclic) bond motifs is 1. The van der Waals surface area contributed by atoms with Gasteiger partial charge in [0.1, 0.15) is 0 Å². The van der Waals surface area contributed by atoms with Crippen LogP contribution in [0.15, 0.2) is 71.7 Å². The third kappa shape index (κ3) is 6.34. The second-order valence-corrected chi connectivity index (χ2v) is 10.9. The van der Waals surface area contributed by atoms with Crippen LogP contribution in [0.3, 0.4) is 0 Å². The van der Waals surface area contributed by atoms with Crippen LogP contribution in [0.25, 0.3) is 0 Å². The summed E-state index contributed by atoms with van der Waals surface area (Å²) in [6.45, 7) is 3.89. The summed E-state index contributed by atoms with van der Waals surface area (Å²) in [5, 5.41) is 10.5. The maximum atomic E-state index is 14.0. The molecule has 2 aliphatic heterocycles. The third-order valence-corrected chi connectivity index (χ3v) is 8.26. The van der Waals surface area contributed by atoms with E-state index in [1.807, 2.05) is 41.3 Å². The average Bonchev–Trinajstić information content (AvgIpc) is 3.61. The van der Waals surface area contributed by atoms with E-state index in [0.29, 0.717) is 44.1 Å². The molecule has 0 radical (unpaired) electrons. The fourth-order valence-electron chi connectivity index (χ4n) is 6.08. The van der Waals surface area contributed by atoms with E-state index in [1.165, 1.54) is 6.07 Å². The standard InChI is InChI=1S/C32H38N4O6/c1-2-3-14-36(24-8-6-7-22(16-24)18-33)30(38)20-35-19-25(23-10-11-27-28(17-23)42-21-41-27)31(32(39)40)26(35)12-15-34-13-5-4-9-29(34)37/h4-11,13,16-17,25-26,31H,2-3,12,14-15,18-21,33H2,1H3,(H,39,40). The summed E-state index contributed by atoms with van der Waals surface area (Å²) in [5.74, 6) is -0.994. The van der Waals surface area contributed by atoms with E-state index in [0.717, 1.165) is 29.7 Å². The number of hydrogen-bond donors (Lipinski definition) is 2. The van der Waals surface area contributed by atoms with Gasteiger partial charge in [0, 0.05) is 56.1 Å². The number of hydrogen-bond acceptors (Lipinski definition) is 7. The van der Waals surface area contributed by atoms with Gasteiger partial charge in [-0.15, -0.1) is 0 Å². The molecule has 0 saturated carbocycles. The van der Waals surface area contributed by atoms with Crippen molar-refractivity contribution in [3.63, 3.8) is 0 Å². The third-order valence-electron chi connectivity index (χ3n) is 8.26. The molecule has 3 heterocycles. The molecule has 1 aromatic heterocycles. The number of unbranched alkanes of at least 4 members (excludes halogenated alkanes) is 1. The lowest BCUT2D eigenvalue weighted by molar-refractivity contribution is -0.143. The topological polar surface area (TPSA) is 127 Å². The monoisotopic (exact) mass is 574 g/mol. The highest BCUT2D eigenvalue weighted by Crippen LogP contribution is 2.43. The Kier molecular flexibility index (Phi) is 9.24. The van der Waals surface area contributed by atoms with E-state index in [4.69, 9.17) is 15.2 Å². The Balaban J connectivity index is 1.46. The molecule has 0 bridgehead atoms. The number of anilines is 1. The molecule has 1 saturated heterocycles. The van der Waals surface area contributed by atoms with Gasteiger partial charge in [-0.3, -0.25) is 19.3 Å². The highest BCUT2D eigenvalue weighted by Gasteiger charge is 2.47. The molecule has 3 aromatic rings. The van der Waals surface area contributed by atoms with Crippen LogP contribution in [-0.2, 0) is 22.7 Å². The van der Waals surface area contributed by atoms with Crippen molar-refractivity contribution < 1.29 is 24.2 Å². The number of nitrogens with zero attached hydrogens (tertiary/aromatic N) is 3. The van der Waals surface area contributed by atoms with Gasteiger partial charge in [0.25, 0.3) is 0 Å². The number of likely N-dealkylation sites (tertiary alicyclic amines) is 1. The fourth-order valence-corrected chi connectivity index (χ4v) is 6.08. The quantitative estimate of drug-likeness (QED) is 0.337. The molecule has 1 amide bonds. The Hall–Kier alpha value is -4.15. The van der Waals surface area contributed by atoms with Gasteiger partial charge in [-0.25, -0.2) is 0 Å². The lowest BCUT2D eigenvalue weighted by Gasteiger charge is -2.30. The van der Waals surface area contributed by atoms with E-state index in [2.05, 4.69) is 6.92 Å². The summed E-state index contributed by atoms with van der Waals surface area (Å²) >= 11 is 0. The summed E-state index contributed by atoms with van der Waals surface area (Å²) in [5.41, 5.74) is 8.26. The minimum atomic E-state index is -0.934. The second-order valence-electron chi connectivity index (χ2n) is 10.9. The number of nitrogens with two attached hydrogens (primary N) is 1. The average molecular weight is 575 g/mol. The van der Waals surface area contributed by atoms with Crippen molar-refractivity contribution in [2.24, 2.45) is 11.7 Å². The van der Waals surface area contributed by atoms with Crippen LogP contribution in [-0.4, -0.2) is 58.9 Å².